The average molecular weight is 310 g/mol. The quantitative estimate of drug-likeness (QED) is 0.809. The first-order valence-corrected chi connectivity index (χ1v) is 7.88. The highest BCUT2D eigenvalue weighted by atomic mass is 16.5. The van der Waals surface area contributed by atoms with E-state index in [0.717, 1.165) is 48.9 Å². The number of rotatable bonds is 4. The fourth-order valence-electron chi connectivity index (χ4n) is 2.70. The Hall–Kier alpha value is -2.33. The number of methoxy groups -OCH3 is 1. The molecule has 0 bridgehead atoms. The van der Waals surface area contributed by atoms with Crippen molar-refractivity contribution in [2.24, 2.45) is 4.99 Å². The second-order valence-electron chi connectivity index (χ2n) is 5.60. The van der Waals surface area contributed by atoms with E-state index in [-0.39, 0.29) is 0 Å². The Bertz CT molecular complexity index is 674. The summed E-state index contributed by atoms with van der Waals surface area (Å²) in [6, 6.07) is 14.4. The molecule has 2 aromatic rings. The monoisotopic (exact) mass is 310 g/mol. The van der Waals surface area contributed by atoms with Gasteiger partial charge in [-0.2, -0.15) is 0 Å². The molecule has 1 aliphatic rings. The van der Waals surface area contributed by atoms with Crippen LogP contribution in [0.4, 0.5) is 11.4 Å². The zero-order chi connectivity index (χ0) is 16.1. The van der Waals surface area contributed by atoms with Crippen LogP contribution < -0.4 is 9.64 Å². The number of hydrogen-bond donors (Lipinski definition) is 0. The van der Waals surface area contributed by atoms with E-state index in [1.807, 2.05) is 25.3 Å². The van der Waals surface area contributed by atoms with E-state index < -0.39 is 0 Å². The molecule has 1 heterocycles. The van der Waals surface area contributed by atoms with E-state index in [0.29, 0.717) is 0 Å². The minimum absolute atomic E-state index is 0.802. The predicted octanol–water partition coefficient (Wildman–Crippen LogP) is 3.59. The second kappa shape index (κ2) is 7.29. The maximum absolute atomic E-state index is 5.38. The van der Waals surface area contributed by atoms with Gasteiger partial charge in [0.1, 0.15) is 5.75 Å². The minimum atomic E-state index is 0.802. The Morgan fingerprint density at radius 2 is 1.83 bits per heavy atom. The molecule has 2 aromatic carbocycles. The summed E-state index contributed by atoms with van der Waals surface area (Å²) in [4.78, 5) is 6.89. The highest BCUT2D eigenvalue weighted by Gasteiger charge is 2.10. The van der Waals surface area contributed by atoms with Crippen molar-refractivity contribution in [3.8, 4) is 5.75 Å². The molecule has 1 saturated heterocycles. The molecular formula is C19H22N2O2. The number of ether oxygens (including phenoxy) is 2. The van der Waals surface area contributed by atoms with E-state index in [9.17, 15) is 0 Å². The highest BCUT2D eigenvalue weighted by Crippen LogP contribution is 2.21. The van der Waals surface area contributed by atoms with Crippen LogP contribution in [0.15, 0.2) is 47.5 Å². The standard InChI is InChI=1S/C19H22N2O2/c1-15-13-16(3-8-19(15)22-2)14-20-17-4-6-18(7-5-17)21-9-11-23-12-10-21/h3-8,13-14H,9-12H2,1-2H3. The minimum Gasteiger partial charge on any atom is -0.496 e. The van der Waals surface area contributed by atoms with Gasteiger partial charge in [-0.3, -0.25) is 4.99 Å². The van der Waals surface area contributed by atoms with E-state index >= 15 is 0 Å². The van der Waals surface area contributed by atoms with Crippen LogP contribution in [-0.2, 0) is 4.74 Å². The van der Waals surface area contributed by atoms with E-state index in [1.54, 1.807) is 7.11 Å². The number of aryl methyl sites for hydroxylation is 1. The molecule has 3 rings (SSSR count). The Morgan fingerprint density at radius 1 is 1.09 bits per heavy atom. The van der Waals surface area contributed by atoms with Crippen molar-refractivity contribution in [2.45, 2.75) is 6.92 Å². The predicted molar refractivity (Wildman–Crippen MR) is 94.5 cm³/mol. The molecule has 0 spiro atoms. The van der Waals surface area contributed by atoms with Crippen molar-refractivity contribution in [3.63, 3.8) is 0 Å². The number of morpholine rings is 1. The molecule has 0 aliphatic carbocycles. The van der Waals surface area contributed by atoms with Crippen LogP contribution in [0, 0.1) is 6.92 Å². The third-order valence-corrected chi connectivity index (χ3v) is 4.01. The van der Waals surface area contributed by atoms with Gasteiger partial charge in [-0.25, -0.2) is 0 Å². The molecule has 1 aliphatic heterocycles. The fraction of sp³-hybridized carbons (Fsp3) is 0.316. The van der Waals surface area contributed by atoms with Crippen LogP contribution >= 0.6 is 0 Å². The van der Waals surface area contributed by atoms with Crippen molar-refractivity contribution in [2.75, 3.05) is 38.3 Å². The number of anilines is 1. The van der Waals surface area contributed by atoms with Crippen molar-refractivity contribution >= 4 is 17.6 Å². The third kappa shape index (κ3) is 3.90. The lowest BCUT2D eigenvalue weighted by molar-refractivity contribution is 0.122. The van der Waals surface area contributed by atoms with Crippen molar-refractivity contribution in [1.82, 2.24) is 0 Å². The molecule has 0 amide bonds. The maximum Gasteiger partial charge on any atom is 0.121 e. The summed E-state index contributed by atoms with van der Waals surface area (Å²) in [6.07, 6.45) is 1.89. The molecular weight excluding hydrogens is 288 g/mol. The van der Waals surface area contributed by atoms with E-state index in [2.05, 4.69) is 40.2 Å². The first-order chi connectivity index (χ1) is 11.3. The van der Waals surface area contributed by atoms with Gasteiger partial charge in [-0.05, 0) is 60.5 Å². The van der Waals surface area contributed by atoms with Crippen LogP contribution in [0.25, 0.3) is 0 Å². The molecule has 23 heavy (non-hydrogen) atoms. The summed E-state index contributed by atoms with van der Waals surface area (Å²) in [7, 11) is 1.69. The maximum atomic E-state index is 5.38. The Balaban J connectivity index is 1.68. The van der Waals surface area contributed by atoms with Gasteiger partial charge >= 0.3 is 0 Å². The van der Waals surface area contributed by atoms with Gasteiger partial charge in [0.2, 0.25) is 0 Å². The number of hydrogen-bond acceptors (Lipinski definition) is 4. The van der Waals surface area contributed by atoms with Gasteiger partial charge in [0, 0.05) is 25.0 Å². The van der Waals surface area contributed by atoms with Gasteiger partial charge in [-0.1, -0.05) is 0 Å². The molecule has 0 saturated carbocycles. The Morgan fingerprint density at radius 3 is 2.48 bits per heavy atom. The van der Waals surface area contributed by atoms with Gasteiger partial charge < -0.3 is 14.4 Å². The first-order valence-electron chi connectivity index (χ1n) is 7.88. The van der Waals surface area contributed by atoms with Gasteiger partial charge in [0.15, 0.2) is 0 Å². The van der Waals surface area contributed by atoms with Crippen molar-refractivity contribution in [3.05, 3.63) is 53.6 Å². The molecule has 0 atom stereocenters. The number of benzene rings is 2. The normalized spacial score (nSPS) is 15.1. The molecule has 1 fully saturated rings. The molecule has 0 radical (unpaired) electrons. The molecule has 0 unspecified atom stereocenters. The molecule has 0 N–H and O–H groups in total. The molecule has 0 aromatic heterocycles. The topological polar surface area (TPSA) is 34.1 Å². The molecule has 4 nitrogen and oxygen atoms in total. The largest absolute Gasteiger partial charge is 0.496 e. The second-order valence-corrected chi connectivity index (χ2v) is 5.60. The molecule has 4 heteroatoms. The lowest BCUT2D eigenvalue weighted by atomic mass is 10.1. The lowest BCUT2D eigenvalue weighted by Gasteiger charge is -2.28. The summed E-state index contributed by atoms with van der Waals surface area (Å²) in [5.74, 6) is 0.900. The highest BCUT2D eigenvalue weighted by molar-refractivity contribution is 5.82. The smallest absolute Gasteiger partial charge is 0.121 e. The molecule has 120 valence electrons. The first kappa shape index (κ1) is 15.6. The fourth-order valence-corrected chi connectivity index (χ4v) is 2.70. The Kier molecular flexibility index (Phi) is 4.93. The van der Waals surface area contributed by atoms with E-state index in [1.165, 1.54) is 5.69 Å². The van der Waals surface area contributed by atoms with Crippen molar-refractivity contribution < 1.29 is 9.47 Å². The summed E-state index contributed by atoms with van der Waals surface area (Å²) in [6.45, 7) is 5.54. The van der Waals surface area contributed by atoms with Gasteiger partial charge in [-0.15, -0.1) is 0 Å². The van der Waals surface area contributed by atoms with Crippen molar-refractivity contribution in [1.29, 1.82) is 0 Å². The Labute approximate surface area is 137 Å². The summed E-state index contributed by atoms with van der Waals surface area (Å²) < 4.78 is 10.7. The lowest BCUT2D eigenvalue weighted by Crippen LogP contribution is -2.36. The number of aliphatic imine (C=N–C) groups is 1. The van der Waals surface area contributed by atoms with Crippen LogP contribution in [0.2, 0.25) is 0 Å². The number of nitrogens with zero attached hydrogens (tertiary/aromatic N) is 2. The summed E-state index contributed by atoms with van der Waals surface area (Å²) >= 11 is 0. The zero-order valence-electron chi connectivity index (χ0n) is 13.7. The van der Waals surface area contributed by atoms with Gasteiger partial charge in [0.05, 0.1) is 26.0 Å². The SMILES string of the molecule is COc1ccc(C=Nc2ccc(N3CCOCC3)cc2)cc1C. The van der Waals surface area contributed by atoms with Crippen LogP contribution in [0.1, 0.15) is 11.1 Å². The summed E-state index contributed by atoms with van der Waals surface area (Å²) in [5, 5.41) is 0. The average Bonchev–Trinajstić information content (AvgIpc) is 2.61. The van der Waals surface area contributed by atoms with Crippen LogP contribution in [0.3, 0.4) is 0 Å². The summed E-state index contributed by atoms with van der Waals surface area (Å²) in [5.41, 5.74) is 4.36. The van der Waals surface area contributed by atoms with Crippen LogP contribution in [-0.4, -0.2) is 39.6 Å². The van der Waals surface area contributed by atoms with Gasteiger partial charge in [0.25, 0.3) is 0 Å². The van der Waals surface area contributed by atoms with Crippen LogP contribution in [0.5, 0.6) is 5.75 Å². The van der Waals surface area contributed by atoms with E-state index in [4.69, 9.17) is 9.47 Å². The zero-order valence-corrected chi connectivity index (χ0v) is 13.7. The third-order valence-electron chi connectivity index (χ3n) is 4.01.